The lowest BCUT2D eigenvalue weighted by atomic mass is 10.1. The van der Waals surface area contributed by atoms with Gasteiger partial charge in [-0.2, -0.15) is 0 Å². The van der Waals surface area contributed by atoms with E-state index in [1.54, 1.807) is 0 Å². The number of aromatic nitrogens is 1. The molecule has 1 unspecified atom stereocenters. The fourth-order valence-corrected chi connectivity index (χ4v) is 3.41. The zero-order valence-electron chi connectivity index (χ0n) is 10.9. The fourth-order valence-electron chi connectivity index (χ4n) is 2.92. The lowest BCUT2D eigenvalue weighted by molar-refractivity contribution is 0.211. The Balaban J connectivity index is 1.62. The van der Waals surface area contributed by atoms with Crippen molar-refractivity contribution in [3.63, 3.8) is 0 Å². The molecule has 0 radical (unpaired) electrons. The van der Waals surface area contributed by atoms with Gasteiger partial charge in [-0.3, -0.25) is 0 Å². The Morgan fingerprint density at radius 1 is 1.10 bits per heavy atom. The summed E-state index contributed by atoms with van der Waals surface area (Å²) in [6.45, 7) is 0.884. The van der Waals surface area contributed by atoms with Crippen molar-refractivity contribution in [1.29, 1.82) is 0 Å². The molecule has 0 saturated heterocycles. The Morgan fingerprint density at radius 2 is 2.00 bits per heavy atom. The van der Waals surface area contributed by atoms with Crippen LogP contribution in [-0.4, -0.2) is 10.7 Å². The van der Waals surface area contributed by atoms with Crippen molar-refractivity contribution in [2.45, 2.75) is 19.1 Å². The smallest absolute Gasteiger partial charge is 0.123 e. The average Bonchev–Trinajstić information content (AvgIpc) is 3.04. The zero-order chi connectivity index (χ0) is 13.5. The van der Waals surface area contributed by atoms with E-state index in [4.69, 9.17) is 4.74 Å². The molecule has 3 aromatic rings. The Labute approximate surface area is 126 Å². The summed E-state index contributed by atoms with van der Waals surface area (Å²) in [6, 6.07) is 16.8. The van der Waals surface area contributed by atoms with Crippen molar-refractivity contribution in [2.75, 3.05) is 0 Å². The molecule has 20 heavy (non-hydrogen) atoms. The molecule has 100 valence electrons. The first-order chi connectivity index (χ1) is 9.81. The van der Waals surface area contributed by atoms with Gasteiger partial charge < -0.3 is 9.30 Å². The van der Waals surface area contributed by atoms with Gasteiger partial charge in [0.2, 0.25) is 0 Å². The maximum absolute atomic E-state index is 6.03. The first-order valence-corrected chi connectivity index (χ1v) is 7.58. The van der Waals surface area contributed by atoms with Gasteiger partial charge in [0.05, 0.1) is 6.54 Å². The number of ether oxygens (including phenoxy) is 1. The topological polar surface area (TPSA) is 14.2 Å². The van der Waals surface area contributed by atoms with Crippen molar-refractivity contribution in [1.82, 2.24) is 4.57 Å². The van der Waals surface area contributed by atoms with Gasteiger partial charge in [-0.15, -0.1) is 0 Å². The third-order valence-electron chi connectivity index (χ3n) is 3.87. The van der Waals surface area contributed by atoms with E-state index in [9.17, 15) is 0 Å². The number of hydrogen-bond donors (Lipinski definition) is 0. The monoisotopic (exact) mass is 327 g/mol. The van der Waals surface area contributed by atoms with Gasteiger partial charge in [0.25, 0.3) is 0 Å². The van der Waals surface area contributed by atoms with Crippen LogP contribution in [0.5, 0.6) is 5.75 Å². The second-order valence-corrected chi connectivity index (χ2v) is 6.05. The van der Waals surface area contributed by atoms with Crippen LogP contribution in [-0.2, 0) is 13.0 Å². The van der Waals surface area contributed by atoms with Crippen LogP contribution in [0, 0.1) is 0 Å². The summed E-state index contributed by atoms with van der Waals surface area (Å²) in [5.74, 6) is 1.04. The molecule has 4 rings (SSSR count). The van der Waals surface area contributed by atoms with Crippen molar-refractivity contribution in [3.8, 4) is 5.75 Å². The SMILES string of the molecule is Brc1cccc2c1ccn2CC1Cc2ccccc2O1. The van der Waals surface area contributed by atoms with E-state index in [0.29, 0.717) is 0 Å². The molecule has 1 aliphatic heterocycles. The molecule has 1 aliphatic rings. The summed E-state index contributed by atoms with van der Waals surface area (Å²) in [5, 5.41) is 1.25. The summed E-state index contributed by atoms with van der Waals surface area (Å²) < 4.78 is 9.44. The summed E-state index contributed by atoms with van der Waals surface area (Å²) in [4.78, 5) is 0. The Kier molecular flexibility index (Phi) is 2.81. The molecular formula is C17H14BrNO. The summed E-state index contributed by atoms with van der Waals surface area (Å²) in [7, 11) is 0. The molecule has 3 heteroatoms. The fraction of sp³-hybridized carbons (Fsp3) is 0.176. The molecule has 0 amide bonds. The minimum Gasteiger partial charge on any atom is -0.488 e. The van der Waals surface area contributed by atoms with Crippen LogP contribution in [0.25, 0.3) is 10.9 Å². The maximum Gasteiger partial charge on any atom is 0.123 e. The molecule has 0 aliphatic carbocycles. The predicted octanol–water partition coefficient (Wildman–Crippen LogP) is 4.41. The van der Waals surface area contributed by atoms with Crippen molar-refractivity contribution in [3.05, 3.63) is 64.8 Å². The first-order valence-electron chi connectivity index (χ1n) is 6.79. The van der Waals surface area contributed by atoms with Crippen molar-refractivity contribution < 1.29 is 4.74 Å². The van der Waals surface area contributed by atoms with E-state index >= 15 is 0 Å². The average molecular weight is 328 g/mol. The maximum atomic E-state index is 6.03. The molecule has 2 aromatic carbocycles. The lowest BCUT2D eigenvalue weighted by Crippen LogP contribution is -2.20. The number of fused-ring (bicyclic) bond motifs is 2. The first kappa shape index (κ1) is 12.0. The minimum atomic E-state index is 0.224. The molecule has 0 fully saturated rings. The van der Waals surface area contributed by atoms with Crippen LogP contribution in [0.1, 0.15) is 5.56 Å². The molecule has 2 heterocycles. The van der Waals surface area contributed by atoms with Crippen molar-refractivity contribution in [2.24, 2.45) is 0 Å². The predicted molar refractivity (Wildman–Crippen MR) is 84.2 cm³/mol. The number of para-hydroxylation sites is 1. The highest BCUT2D eigenvalue weighted by Gasteiger charge is 2.22. The highest BCUT2D eigenvalue weighted by atomic mass is 79.9. The molecule has 0 saturated carbocycles. The van der Waals surface area contributed by atoms with E-state index in [1.165, 1.54) is 16.5 Å². The number of halogens is 1. The largest absolute Gasteiger partial charge is 0.488 e. The van der Waals surface area contributed by atoms with E-state index in [1.807, 2.05) is 6.07 Å². The summed E-state index contributed by atoms with van der Waals surface area (Å²) >= 11 is 3.60. The van der Waals surface area contributed by atoms with Crippen LogP contribution < -0.4 is 4.74 Å². The third kappa shape index (κ3) is 1.93. The number of hydrogen-bond acceptors (Lipinski definition) is 1. The van der Waals surface area contributed by atoms with E-state index < -0.39 is 0 Å². The van der Waals surface area contributed by atoms with E-state index in [-0.39, 0.29) is 6.10 Å². The standard InChI is InChI=1S/C17H14BrNO/c18-15-5-3-6-16-14(15)8-9-19(16)11-13-10-12-4-1-2-7-17(12)20-13/h1-9,13H,10-11H2. The highest BCUT2D eigenvalue weighted by Crippen LogP contribution is 2.30. The lowest BCUT2D eigenvalue weighted by Gasteiger charge is -2.13. The second kappa shape index (κ2) is 4.67. The quantitative estimate of drug-likeness (QED) is 0.680. The normalized spacial score (nSPS) is 17.1. The van der Waals surface area contributed by atoms with Gasteiger partial charge in [0, 0.05) is 28.0 Å². The number of benzene rings is 2. The summed E-state index contributed by atoms with van der Waals surface area (Å²) in [6.07, 6.45) is 3.35. The van der Waals surface area contributed by atoms with Gasteiger partial charge in [-0.1, -0.05) is 40.2 Å². The van der Waals surface area contributed by atoms with Crippen molar-refractivity contribution >= 4 is 26.8 Å². The highest BCUT2D eigenvalue weighted by molar-refractivity contribution is 9.10. The number of nitrogens with zero attached hydrogens (tertiary/aromatic N) is 1. The van der Waals surface area contributed by atoms with Crippen LogP contribution in [0.4, 0.5) is 0 Å². The second-order valence-electron chi connectivity index (χ2n) is 5.19. The van der Waals surface area contributed by atoms with Gasteiger partial charge in [0.15, 0.2) is 0 Å². The van der Waals surface area contributed by atoms with Crippen LogP contribution in [0.3, 0.4) is 0 Å². The van der Waals surface area contributed by atoms with Gasteiger partial charge in [-0.05, 0) is 29.8 Å². The van der Waals surface area contributed by atoms with Gasteiger partial charge in [0.1, 0.15) is 11.9 Å². The van der Waals surface area contributed by atoms with Crippen LogP contribution >= 0.6 is 15.9 Å². The molecule has 1 atom stereocenters. The Morgan fingerprint density at radius 3 is 2.90 bits per heavy atom. The third-order valence-corrected chi connectivity index (χ3v) is 4.57. The van der Waals surface area contributed by atoms with E-state index in [0.717, 1.165) is 23.2 Å². The zero-order valence-corrected chi connectivity index (χ0v) is 12.5. The molecule has 0 N–H and O–H groups in total. The number of rotatable bonds is 2. The molecule has 2 nitrogen and oxygen atoms in total. The Bertz CT molecular complexity index is 753. The Hall–Kier alpha value is -1.74. The van der Waals surface area contributed by atoms with E-state index in [2.05, 4.69) is 69.2 Å². The van der Waals surface area contributed by atoms with Crippen LogP contribution in [0.15, 0.2) is 59.2 Å². The summed E-state index contributed by atoms with van der Waals surface area (Å²) in [5.41, 5.74) is 2.56. The molecular weight excluding hydrogens is 314 g/mol. The van der Waals surface area contributed by atoms with Gasteiger partial charge >= 0.3 is 0 Å². The molecule has 0 bridgehead atoms. The van der Waals surface area contributed by atoms with Crippen LogP contribution in [0.2, 0.25) is 0 Å². The molecule has 1 aromatic heterocycles. The van der Waals surface area contributed by atoms with Gasteiger partial charge in [-0.25, -0.2) is 0 Å². The molecule has 0 spiro atoms. The minimum absolute atomic E-state index is 0.224.